The van der Waals surface area contributed by atoms with Gasteiger partial charge in [-0.2, -0.15) is 0 Å². The van der Waals surface area contributed by atoms with E-state index in [9.17, 15) is 0 Å². The Morgan fingerprint density at radius 1 is 0.952 bits per heavy atom. The molecule has 0 atom stereocenters. The Morgan fingerprint density at radius 3 is 1.81 bits per heavy atom. The first-order valence-electron chi connectivity index (χ1n) is 8.23. The molecule has 0 saturated carbocycles. The molecule has 0 N–H and O–H groups in total. The molecular weight excluding hydrogens is 300 g/mol. The van der Waals surface area contributed by atoms with Gasteiger partial charge in [0.1, 0.15) is 0 Å². The van der Waals surface area contributed by atoms with Crippen molar-refractivity contribution in [2.75, 3.05) is 0 Å². The van der Waals surface area contributed by atoms with Crippen LogP contribution in [0.15, 0.2) is 21.6 Å². The van der Waals surface area contributed by atoms with Gasteiger partial charge in [-0.05, 0) is 0 Å². The minimum atomic E-state index is -3.45. The molecule has 0 aromatic carbocycles. The molecule has 0 aromatic rings. The summed E-state index contributed by atoms with van der Waals surface area (Å²) in [7, 11) is 0. The van der Waals surface area contributed by atoms with Gasteiger partial charge in [0, 0.05) is 0 Å². The Balaban J connectivity index is 3.22. The molecule has 122 valence electrons. The molecule has 0 fully saturated rings. The molecule has 0 radical (unpaired) electrons. The van der Waals surface area contributed by atoms with Crippen LogP contribution < -0.4 is 0 Å². The Hall–Kier alpha value is 0.0743. The van der Waals surface area contributed by atoms with Crippen LogP contribution in [0.25, 0.3) is 0 Å². The fourth-order valence-electron chi connectivity index (χ4n) is 2.60. The average Bonchev–Trinajstić information content (AvgIpc) is 2.75. The molecule has 1 aliphatic rings. The summed E-state index contributed by atoms with van der Waals surface area (Å²) in [6.07, 6.45) is 7.90. The molecule has 1 aliphatic carbocycles. The zero-order valence-corrected chi connectivity index (χ0v) is 16.3. The molecule has 21 heavy (non-hydrogen) atoms. The zero-order chi connectivity index (χ0) is 16.0. The molecule has 0 spiro atoms. The molecular formula is C17H32O3Ti. The fraction of sp³-hybridized carbons (Fsp3) is 0.765. The van der Waals surface area contributed by atoms with Crippen LogP contribution in [0.5, 0.6) is 0 Å². The summed E-state index contributed by atoms with van der Waals surface area (Å²) in [5.41, 5.74) is 1.37. The third kappa shape index (κ3) is 5.65. The number of allylic oxidation sites excluding steroid dienone is 4. The predicted octanol–water partition coefficient (Wildman–Crippen LogP) is 5.17. The predicted molar refractivity (Wildman–Crippen MR) is 84.4 cm³/mol. The summed E-state index contributed by atoms with van der Waals surface area (Å²) >= 11 is -3.45. The van der Waals surface area contributed by atoms with Crippen molar-refractivity contribution in [3.05, 3.63) is 21.6 Å². The van der Waals surface area contributed by atoms with E-state index in [0.717, 1.165) is 19.3 Å². The van der Waals surface area contributed by atoms with E-state index in [0.29, 0.717) is 0 Å². The van der Waals surface area contributed by atoms with Crippen molar-refractivity contribution in [1.82, 2.24) is 0 Å². The number of hydrogen-bond acceptors (Lipinski definition) is 3. The quantitative estimate of drug-likeness (QED) is 0.545. The van der Waals surface area contributed by atoms with Crippen molar-refractivity contribution in [3.63, 3.8) is 0 Å². The zero-order valence-electron chi connectivity index (χ0n) is 14.7. The van der Waals surface area contributed by atoms with Crippen LogP contribution in [-0.4, -0.2) is 18.3 Å². The van der Waals surface area contributed by atoms with E-state index in [4.69, 9.17) is 9.96 Å². The Bertz CT molecular complexity index is 357. The molecule has 0 unspecified atom stereocenters. The normalized spacial score (nSPS) is 16.1. The summed E-state index contributed by atoms with van der Waals surface area (Å²) in [5.74, 6) is 0. The van der Waals surface area contributed by atoms with Crippen LogP contribution in [0.2, 0.25) is 0 Å². The standard InChI is InChI=1S/C8H11.3C3H7O.Ti/c1-2-5-8-6-3-4-7-8;3*1-3(2)4;/h3,6H,2,4-5H2,1H3;3*3H,1-2H3;/q;3*-1;+3. The van der Waals surface area contributed by atoms with Crippen molar-refractivity contribution in [2.24, 2.45) is 0 Å². The van der Waals surface area contributed by atoms with E-state index in [1.54, 1.807) is 0 Å². The Labute approximate surface area is 135 Å². The summed E-state index contributed by atoms with van der Waals surface area (Å²) in [6, 6.07) is 0. The molecule has 3 nitrogen and oxygen atoms in total. The van der Waals surface area contributed by atoms with Gasteiger partial charge in [0.15, 0.2) is 0 Å². The first-order valence-corrected chi connectivity index (χ1v) is 10.9. The monoisotopic (exact) mass is 332 g/mol. The van der Waals surface area contributed by atoms with Crippen molar-refractivity contribution in [1.29, 1.82) is 0 Å². The van der Waals surface area contributed by atoms with Crippen molar-refractivity contribution in [2.45, 2.75) is 86.0 Å². The Morgan fingerprint density at radius 2 is 1.43 bits per heavy atom. The summed E-state index contributed by atoms with van der Waals surface area (Å²) in [4.78, 5) is 0. The van der Waals surface area contributed by atoms with Gasteiger partial charge in [0.25, 0.3) is 0 Å². The third-order valence-corrected chi connectivity index (χ3v) is 8.73. The number of rotatable bonds is 9. The van der Waals surface area contributed by atoms with Gasteiger partial charge in [-0.3, -0.25) is 0 Å². The first kappa shape index (κ1) is 19.1. The molecule has 0 bridgehead atoms. The van der Waals surface area contributed by atoms with Crippen LogP contribution >= 0.6 is 0 Å². The van der Waals surface area contributed by atoms with Crippen molar-refractivity contribution >= 4 is 0 Å². The maximum atomic E-state index is 6.37. The molecule has 0 aromatic heterocycles. The van der Waals surface area contributed by atoms with Crippen LogP contribution in [-0.2, 0) is 27.7 Å². The van der Waals surface area contributed by atoms with E-state index < -0.39 is 17.8 Å². The van der Waals surface area contributed by atoms with Gasteiger partial charge in [-0.25, -0.2) is 0 Å². The van der Waals surface area contributed by atoms with Crippen molar-refractivity contribution in [3.8, 4) is 0 Å². The minimum absolute atomic E-state index is 0.110. The Kier molecular flexibility index (Phi) is 7.87. The van der Waals surface area contributed by atoms with Gasteiger partial charge in [0.2, 0.25) is 0 Å². The van der Waals surface area contributed by atoms with E-state index in [1.165, 1.54) is 9.45 Å². The van der Waals surface area contributed by atoms with Crippen LogP contribution in [0.1, 0.15) is 67.7 Å². The second-order valence-corrected chi connectivity index (χ2v) is 10.2. The summed E-state index contributed by atoms with van der Waals surface area (Å²) < 4.78 is 20.4. The average molecular weight is 332 g/mol. The maximum absolute atomic E-state index is 6.37. The van der Waals surface area contributed by atoms with Gasteiger partial charge < -0.3 is 0 Å². The second kappa shape index (κ2) is 8.64. The van der Waals surface area contributed by atoms with E-state index in [-0.39, 0.29) is 18.3 Å². The van der Waals surface area contributed by atoms with Gasteiger partial charge in [0.05, 0.1) is 0 Å². The summed E-state index contributed by atoms with van der Waals surface area (Å²) in [6.45, 7) is 14.6. The molecule has 4 heteroatoms. The molecule has 0 aliphatic heterocycles. The third-order valence-electron chi connectivity index (χ3n) is 3.09. The summed E-state index contributed by atoms with van der Waals surface area (Å²) in [5, 5.41) is 0. The molecule has 0 saturated heterocycles. The fourth-order valence-corrected chi connectivity index (χ4v) is 7.95. The SMILES string of the molecule is CCCC1=[C]([Ti]([O]C(C)C)([O]C(C)C)[O]C(C)C)CC=C1. The molecule has 0 amide bonds. The number of hydrogen-bond donors (Lipinski definition) is 0. The second-order valence-electron chi connectivity index (χ2n) is 6.42. The topological polar surface area (TPSA) is 27.7 Å². The van der Waals surface area contributed by atoms with E-state index in [2.05, 4.69) is 60.6 Å². The van der Waals surface area contributed by atoms with E-state index >= 15 is 0 Å². The van der Waals surface area contributed by atoms with E-state index in [1.807, 2.05) is 0 Å². The van der Waals surface area contributed by atoms with Gasteiger partial charge >= 0.3 is 135 Å². The van der Waals surface area contributed by atoms with Crippen LogP contribution in [0.3, 0.4) is 0 Å². The van der Waals surface area contributed by atoms with Crippen molar-refractivity contribution < 1.29 is 27.7 Å². The van der Waals surface area contributed by atoms with Crippen LogP contribution in [0.4, 0.5) is 0 Å². The van der Waals surface area contributed by atoms with Gasteiger partial charge in [-0.15, -0.1) is 0 Å². The molecule has 0 heterocycles. The first-order chi connectivity index (χ1) is 9.80. The molecule has 1 rings (SSSR count). The van der Waals surface area contributed by atoms with Crippen LogP contribution in [0, 0.1) is 0 Å². The van der Waals surface area contributed by atoms with Gasteiger partial charge in [-0.1, -0.05) is 0 Å².